The van der Waals surface area contributed by atoms with Crippen LogP contribution < -0.4 is 5.32 Å². The van der Waals surface area contributed by atoms with Gasteiger partial charge >= 0.3 is 5.97 Å². The Hall–Kier alpha value is -2.89. The largest absolute Gasteiger partial charge is 0.506 e. The van der Waals surface area contributed by atoms with E-state index in [2.05, 4.69) is 10.3 Å². The normalized spacial score (nSPS) is 11.5. The van der Waals surface area contributed by atoms with Crippen molar-refractivity contribution in [3.8, 4) is 5.75 Å². The van der Waals surface area contributed by atoms with Crippen molar-refractivity contribution < 1.29 is 19.4 Å². The number of aromatic nitrogens is 1. The second-order valence-electron chi connectivity index (χ2n) is 4.27. The summed E-state index contributed by atoms with van der Waals surface area (Å²) in [6.45, 7) is 0. The smallest absolute Gasteiger partial charge is 0.333 e. The number of nitrogens with zero attached hydrogens (tertiary/aromatic N) is 1. The van der Waals surface area contributed by atoms with Crippen LogP contribution in [0.2, 0.25) is 0 Å². The first-order valence-electron chi connectivity index (χ1n) is 6.19. The van der Waals surface area contributed by atoms with Crippen LogP contribution in [0.3, 0.4) is 0 Å². The Morgan fingerprint density at radius 3 is 2.57 bits per heavy atom. The minimum atomic E-state index is -0.925. The summed E-state index contributed by atoms with van der Waals surface area (Å²) in [7, 11) is 1.25. The van der Waals surface area contributed by atoms with Crippen molar-refractivity contribution in [2.24, 2.45) is 0 Å². The highest BCUT2D eigenvalue weighted by molar-refractivity contribution is 5.97. The maximum absolute atomic E-state index is 12.1. The van der Waals surface area contributed by atoms with Crippen molar-refractivity contribution in [2.75, 3.05) is 7.11 Å². The predicted octanol–water partition coefficient (Wildman–Crippen LogP) is 1.43. The Morgan fingerprint density at radius 2 is 1.95 bits per heavy atom. The molecule has 2 aromatic rings. The molecule has 0 aliphatic carbocycles. The fourth-order valence-electron chi connectivity index (χ4n) is 1.81. The summed E-state index contributed by atoms with van der Waals surface area (Å²) in [5.74, 6) is -1.24. The van der Waals surface area contributed by atoms with Crippen LogP contribution in [0.4, 0.5) is 0 Å². The molecule has 108 valence electrons. The van der Waals surface area contributed by atoms with E-state index in [1.165, 1.54) is 25.6 Å². The highest BCUT2D eigenvalue weighted by Crippen LogP contribution is 2.16. The summed E-state index contributed by atoms with van der Waals surface area (Å²) >= 11 is 0. The average molecular weight is 286 g/mol. The summed E-state index contributed by atoms with van der Waals surface area (Å²) in [6.07, 6.45) is 2.51. The molecule has 21 heavy (non-hydrogen) atoms. The van der Waals surface area contributed by atoms with Crippen LogP contribution >= 0.6 is 0 Å². The third kappa shape index (κ3) is 3.56. The molecular formula is C15H14N2O4. The van der Waals surface area contributed by atoms with Crippen LogP contribution in [0.25, 0.3) is 0 Å². The number of ether oxygens (including phenoxy) is 1. The lowest BCUT2D eigenvalue weighted by molar-refractivity contribution is -0.143. The Kier molecular flexibility index (Phi) is 4.50. The quantitative estimate of drug-likeness (QED) is 0.830. The third-order valence-corrected chi connectivity index (χ3v) is 2.83. The highest BCUT2D eigenvalue weighted by atomic mass is 16.5. The number of nitrogens with one attached hydrogen (secondary N) is 1. The minimum Gasteiger partial charge on any atom is -0.506 e. The van der Waals surface area contributed by atoms with Crippen molar-refractivity contribution in [2.45, 2.75) is 6.04 Å². The topological polar surface area (TPSA) is 88.5 Å². The third-order valence-electron chi connectivity index (χ3n) is 2.83. The molecule has 2 rings (SSSR count). The van der Waals surface area contributed by atoms with E-state index in [-0.39, 0.29) is 11.3 Å². The monoisotopic (exact) mass is 286 g/mol. The van der Waals surface area contributed by atoms with Crippen LogP contribution in [-0.4, -0.2) is 29.1 Å². The van der Waals surface area contributed by atoms with E-state index in [9.17, 15) is 14.7 Å². The molecule has 1 heterocycles. The molecule has 1 aromatic heterocycles. The lowest BCUT2D eigenvalue weighted by Gasteiger charge is -2.16. The van der Waals surface area contributed by atoms with E-state index in [4.69, 9.17) is 4.74 Å². The summed E-state index contributed by atoms with van der Waals surface area (Å²) in [5, 5.41) is 11.9. The second-order valence-corrected chi connectivity index (χ2v) is 4.27. The molecule has 0 saturated heterocycles. The zero-order valence-corrected chi connectivity index (χ0v) is 11.3. The van der Waals surface area contributed by atoms with Gasteiger partial charge in [0.1, 0.15) is 5.75 Å². The van der Waals surface area contributed by atoms with Gasteiger partial charge in [0, 0.05) is 6.20 Å². The molecule has 0 fully saturated rings. The van der Waals surface area contributed by atoms with Gasteiger partial charge in [-0.1, -0.05) is 30.3 Å². The minimum absolute atomic E-state index is 0.128. The molecule has 6 nitrogen and oxygen atoms in total. The Labute approximate surface area is 121 Å². The van der Waals surface area contributed by atoms with Crippen molar-refractivity contribution in [1.29, 1.82) is 0 Å². The Bertz CT molecular complexity index is 643. The molecule has 1 atom stereocenters. The number of amides is 1. The van der Waals surface area contributed by atoms with E-state index in [0.717, 1.165) is 0 Å². The van der Waals surface area contributed by atoms with Gasteiger partial charge in [-0.15, -0.1) is 0 Å². The van der Waals surface area contributed by atoms with Gasteiger partial charge < -0.3 is 15.2 Å². The maximum Gasteiger partial charge on any atom is 0.333 e. The number of esters is 1. The molecule has 0 spiro atoms. The van der Waals surface area contributed by atoms with Crippen LogP contribution in [0, 0.1) is 0 Å². The van der Waals surface area contributed by atoms with Gasteiger partial charge in [0.25, 0.3) is 5.91 Å². The van der Waals surface area contributed by atoms with Gasteiger partial charge in [-0.05, 0) is 11.6 Å². The fourth-order valence-corrected chi connectivity index (χ4v) is 1.81. The van der Waals surface area contributed by atoms with E-state index >= 15 is 0 Å². The number of pyridine rings is 1. The standard InChI is InChI=1S/C15H14N2O4/c1-21-15(20)13(10-5-3-2-4-6-10)17-14(19)11-7-12(18)9-16-8-11/h2-9,13,18H,1H3,(H,17,19). The van der Waals surface area contributed by atoms with Gasteiger partial charge in [0.05, 0.1) is 18.9 Å². The summed E-state index contributed by atoms with van der Waals surface area (Å²) in [6, 6.07) is 9.08. The Balaban J connectivity index is 2.23. The van der Waals surface area contributed by atoms with Crippen molar-refractivity contribution in [3.05, 3.63) is 59.9 Å². The number of hydrogen-bond donors (Lipinski definition) is 2. The summed E-state index contributed by atoms with van der Waals surface area (Å²) in [5.41, 5.74) is 0.755. The Morgan fingerprint density at radius 1 is 1.24 bits per heavy atom. The van der Waals surface area contributed by atoms with Crippen LogP contribution in [0.5, 0.6) is 5.75 Å². The molecular weight excluding hydrogens is 272 g/mol. The van der Waals surface area contributed by atoms with Crippen molar-refractivity contribution in [3.63, 3.8) is 0 Å². The predicted molar refractivity (Wildman–Crippen MR) is 74.6 cm³/mol. The van der Waals surface area contributed by atoms with Crippen LogP contribution in [0.15, 0.2) is 48.8 Å². The molecule has 2 N–H and O–H groups in total. The SMILES string of the molecule is COC(=O)C(NC(=O)c1cncc(O)c1)c1ccccc1. The molecule has 6 heteroatoms. The number of rotatable bonds is 4. The molecule has 0 aliphatic rings. The van der Waals surface area contributed by atoms with Crippen LogP contribution in [0.1, 0.15) is 22.0 Å². The molecule has 0 radical (unpaired) electrons. The number of benzene rings is 1. The van der Waals surface area contributed by atoms with Gasteiger partial charge in [0.15, 0.2) is 6.04 Å². The number of carbonyl (C=O) groups is 2. The lowest BCUT2D eigenvalue weighted by Crippen LogP contribution is -2.34. The molecule has 1 unspecified atom stereocenters. The van der Waals surface area contributed by atoms with Crippen LogP contribution in [-0.2, 0) is 9.53 Å². The zero-order chi connectivity index (χ0) is 15.2. The van der Waals surface area contributed by atoms with E-state index in [0.29, 0.717) is 5.56 Å². The highest BCUT2D eigenvalue weighted by Gasteiger charge is 2.24. The fraction of sp³-hybridized carbons (Fsp3) is 0.133. The van der Waals surface area contributed by atoms with E-state index in [1.807, 2.05) is 0 Å². The van der Waals surface area contributed by atoms with E-state index in [1.54, 1.807) is 30.3 Å². The zero-order valence-electron chi connectivity index (χ0n) is 11.3. The first-order valence-corrected chi connectivity index (χ1v) is 6.19. The van der Waals surface area contributed by atoms with Gasteiger partial charge in [-0.3, -0.25) is 9.78 Å². The summed E-state index contributed by atoms with van der Waals surface area (Å²) in [4.78, 5) is 27.7. The molecule has 1 aromatic carbocycles. The molecule has 0 bridgehead atoms. The first kappa shape index (κ1) is 14.5. The first-order chi connectivity index (χ1) is 10.1. The van der Waals surface area contributed by atoms with Crippen molar-refractivity contribution in [1.82, 2.24) is 10.3 Å². The number of methoxy groups -OCH3 is 1. The summed E-state index contributed by atoms with van der Waals surface area (Å²) < 4.78 is 4.71. The maximum atomic E-state index is 12.1. The molecule has 0 aliphatic heterocycles. The number of hydrogen-bond acceptors (Lipinski definition) is 5. The average Bonchev–Trinajstić information content (AvgIpc) is 2.52. The molecule has 0 saturated carbocycles. The van der Waals surface area contributed by atoms with Gasteiger partial charge in [0.2, 0.25) is 0 Å². The lowest BCUT2D eigenvalue weighted by atomic mass is 10.1. The number of carbonyl (C=O) groups excluding carboxylic acids is 2. The van der Waals surface area contributed by atoms with Crippen molar-refractivity contribution >= 4 is 11.9 Å². The van der Waals surface area contributed by atoms with Gasteiger partial charge in [-0.25, -0.2) is 4.79 Å². The number of aromatic hydroxyl groups is 1. The second kappa shape index (κ2) is 6.51. The van der Waals surface area contributed by atoms with Gasteiger partial charge in [-0.2, -0.15) is 0 Å². The molecule has 1 amide bonds. The van der Waals surface area contributed by atoms with E-state index < -0.39 is 17.9 Å².